The van der Waals surface area contributed by atoms with Crippen LogP contribution >= 0.6 is 0 Å². The van der Waals surface area contributed by atoms with Gasteiger partial charge in [-0.3, -0.25) is 4.79 Å². The van der Waals surface area contributed by atoms with Crippen LogP contribution in [0.5, 0.6) is 0 Å². The number of aliphatic hydroxyl groups excluding tert-OH is 1. The van der Waals surface area contributed by atoms with Crippen LogP contribution in [-0.4, -0.2) is 41.7 Å². The summed E-state index contributed by atoms with van der Waals surface area (Å²) in [5.41, 5.74) is 5.65. The van der Waals surface area contributed by atoms with E-state index in [1.54, 1.807) is 0 Å². The van der Waals surface area contributed by atoms with E-state index < -0.39 is 0 Å². The Kier molecular flexibility index (Phi) is 5.85. The summed E-state index contributed by atoms with van der Waals surface area (Å²) in [6.45, 7) is 4.25. The van der Waals surface area contributed by atoms with Gasteiger partial charge in [0.05, 0.1) is 6.10 Å². The second kappa shape index (κ2) is 7.41. The highest BCUT2D eigenvalue weighted by atomic mass is 16.3. The molecule has 1 aliphatic heterocycles. The largest absolute Gasteiger partial charge is 0.393 e. The van der Waals surface area contributed by atoms with E-state index in [1.807, 2.05) is 11.8 Å². The van der Waals surface area contributed by atoms with Gasteiger partial charge in [0.15, 0.2) is 0 Å². The van der Waals surface area contributed by atoms with E-state index >= 15 is 0 Å². The molecule has 3 unspecified atom stereocenters. The Balaban J connectivity index is 1.82. The van der Waals surface area contributed by atoms with Gasteiger partial charge in [-0.2, -0.15) is 0 Å². The highest BCUT2D eigenvalue weighted by Gasteiger charge is 2.32. The number of carbonyl (C=O) groups excluding carboxylic acids is 1. The van der Waals surface area contributed by atoms with Crippen molar-refractivity contribution in [3.05, 3.63) is 0 Å². The van der Waals surface area contributed by atoms with Crippen molar-refractivity contribution in [2.75, 3.05) is 19.6 Å². The van der Waals surface area contributed by atoms with Crippen LogP contribution in [0.15, 0.2) is 0 Å². The molecule has 3 N–H and O–H groups in total. The summed E-state index contributed by atoms with van der Waals surface area (Å²) in [6, 6.07) is 0. The van der Waals surface area contributed by atoms with Crippen molar-refractivity contribution in [2.45, 2.75) is 58.0 Å². The molecule has 1 saturated heterocycles. The van der Waals surface area contributed by atoms with Crippen LogP contribution in [0.3, 0.4) is 0 Å². The highest BCUT2D eigenvalue weighted by molar-refractivity contribution is 5.79. The van der Waals surface area contributed by atoms with Crippen molar-refractivity contribution < 1.29 is 9.90 Å². The van der Waals surface area contributed by atoms with Crippen molar-refractivity contribution in [2.24, 2.45) is 23.5 Å². The summed E-state index contributed by atoms with van der Waals surface area (Å²) in [5.74, 6) is 1.60. The third-order valence-electron chi connectivity index (χ3n) is 5.24. The number of likely N-dealkylation sites (tertiary alicyclic amines) is 1. The number of rotatable bonds is 4. The van der Waals surface area contributed by atoms with Gasteiger partial charge >= 0.3 is 0 Å². The van der Waals surface area contributed by atoms with Crippen molar-refractivity contribution in [3.8, 4) is 0 Å². The second-order valence-electron chi connectivity index (χ2n) is 6.71. The number of piperidine rings is 1. The van der Waals surface area contributed by atoms with Gasteiger partial charge in [0.2, 0.25) is 5.91 Å². The quantitative estimate of drug-likeness (QED) is 0.825. The molecule has 4 nitrogen and oxygen atoms in total. The first kappa shape index (κ1) is 15.8. The van der Waals surface area contributed by atoms with Crippen molar-refractivity contribution in [1.29, 1.82) is 0 Å². The molecule has 0 aromatic carbocycles. The minimum Gasteiger partial charge on any atom is -0.393 e. The summed E-state index contributed by atoms with van der Waals surface area (Å²) in [6.07, 6.45) is 7.22. The third kappa shape index (κ3) is 3.95. The van der Waals surface area contributed by atoms with E-state index in [2.05, 4.69) is 0 Å². The zero-order valence-corrected chi connectivity index (χ0v) is 12.8. The Morgan fingerprint density at radius 1 is 1.30 bits per heavy atom. The number of aliphatic hydroxyl groups is 1. The van der Waals surface area contributed by atoms with E-state index in [9.17, 15) is 9.90 Å². The molecular weight excluding hydrogens is 252 g/mol. The van der Waals surface area contributed by atoms with Gasteiger partial charge in [-0.15, -0.1) is 0 Å². The second-order valence-corrected chi connectivity index (χ2v) is 6.71. The average molecular weight is 282 g/mol. The smallest absolute Gasteiger partial charge is 0.225 e. The van der Waals surface area contributed by atoms with Gasteiger partial charge in [0.25, 0.3) is 0 Å². The topological polar surface area (TPSA) is 66.6 Å². The lowest BCUT2D eigenvalue weighted by atomic mass is 9.79. The molecule has 2 aliphatic rings. The molecule has 0 bridgehead atoms. The molecule has 0 aromatic heterocycles. The lowest BCUT2D eigenvalue weighted by Gasteiger charge is -2.37. The Morgan fingerprint density at radius 3 is 2.60 bits per heavy atom. The zero-order valence-electron chi connectivity index (χ0n) is 12.8. The molecule has 0 spiro atoms. The molecule has 2 rings (SSSR count). The standard InChI is InChI=1S/C16H30N2O2/c1-12(19)14-6-9-18(10-7-14)16(20)15-4-2-3-13(11-15)5-8-17/h12-15,19H,2-11,17H2,1H3. The highest BCUT2D eigenvalue weighted by Crippen LogP contribution is 2.33. The molecule has 1 heterocycles. The third-order valence-corrected chi connectivity index (χ3v) is 5.24. The van der Waals surface area contributed by atoms with Crippen LogP contribution in [0.1, 0.15) is 51.9 Å². The maximum Gasteiger partial charge on any atom is 0.225 e. The molecule has 20 heavy (non-hydrogen) atoms. The summed E-state index contributed by atoms with van der Waals surface area (Å²) in [7, 11) is 0. The molecular formula is C16H30N2O2. The fraction of sp³-hybridized carbons (Fsp3) is 0.938. The molecule has 116 valence electrons. The lowest BCUT2D eigenvalue weighted by molar-refractivity contribution is -0.139. The molecule has 0 aromatic rings. The minimum atomic E-state index is -0.240. The normalized spacial score (nSPS) is 30.2. The molecule has 1 saturated carbocycles. The maximum absolute atomic E-state index is 12.6. The van der Waals surface area contributed by atoms with Crippen molar-refractivity contribution in [3.63, 3.8) is 0 Å². The number of nitrogens with zero attached hydrogens (tertiary/aromatic N) is 1. The summed E-state index contributed by atoms with van der Waals surface area (Å²) in [5, 5.41) is 9.63. The van der Waals surface area contributed by atoms with Gasteiger partial charge in [0, 0.05) is 19.0 Å². The molecule has 4 heteroatoms. The SMILES string of the molecule is CC(O)C1CCN(C(=O)C2CCCC(CCN)C2)CC1. The monoisotopic (exact) mass is 282 g/mol. The van der Waals surface area contributed by atoms with Gasteiger partial charge in [-0.05, 0) is 57.4 Å². The van der Waals surface area contributed by atoms with E-state index in [0.717, 1.165) is 51.7 Å². The minimum absolute atomic E-state index is 0.225. The number of hydrogen-bond acceptors (Lipinski definition) is 3. The Bertz CT molecular complexity index is 310. The fourth-order valence-electron chi connectivity index (χ4n) is 3.87. The molecule has 3 atom stereocenters. The van der Waals surface area contributed by atoms with Gasteiger partial charge in [-0.1, -0.05) is 12.8 Å². The van der Waals surface area contributed by atoms with E-state index in [0.29, 0.717) is 17.7 Å². The first-order chi connectivity index (χ1) is 9.61. The van der Waals surface area contributed by atoms with Crippen LogP contribution in [0.25, 0.3) is 0 Å². The van der Waals surface area contributed by atoms with Gasteiger partial charge in [-0.25, -0.2) is 0 Å². The Hall–Kier alpha value is -0.610. The van der Waals surface area contributed by atoms with Crippen LogP contribution < -0.4 is 5.73 Å². The maximum atomic E-state index is 12.6. The molecule has 0 radical (unpaired) electrons. The Morgan fingerprint density at radius 2 is 2.00 bits per heavy atom. The number of nitrogens with two attached hydrogens (primary N) is 1. The molecule has 1 aliphatic carbocycles. The van der Waals surface area contributed by atoms with Crippen LogP contribution in [0, 0.1) is 17.8 Å². The first-order valence-electron chi connectivity index (χ1n) is 8.28. The number of carbonyl (C=O) groups is 1. The van der Waals surface area contributed by atoms with E-state index in [4.69, 9.17) is 5.73 Å². The first-order valence-corrected chi connectivity index (χ1v) is 8.28. The predicted octanol–water partition coefficient (Wildman–Crippen LogP) is 1.76. The average Bonchev–Trinajstić information content (AvgIpc) is 2.47. The van der Waals surface area contributed by atoms with Crippen LogP contribution in [0.2, 0.25) is 0 Å². The fourth-order valence-corrected chi connectivity index (χ4v) is 3.87. The van der Waals surface area contributed by atoms with Gasteiger partial charge in [0.1, 0.15) is 0 Å². The lowest BCUT2D eigenvalue weighted by Crippen LogP contribution is -2.44. The van der Waals surface area contributed by atoms with Crippen LogP contribution in [-0.2, 0) is 4.79 Å². The van der Waals surface area contributed by atoms with Gasteiger partial charge < -0.3 is 15.7 Å². The van der Waals surface area contributed by atoms with Crippen LogP contribution in [0.4, 0.5) is 0 Å². The number of hydrogen-bond donors (Lipinski definition) is 2. The number of amides is 1. The summed E-state index contributed by atoms with van der Waals surface area (Å²) >= 11 is 0. The molecule has 1 amide bonds. The zero-order chi connectivity index (χ0) is 14.5. The van der Waals surface area contributed by atoms with Crippen molar-refractivity contribution >= 4 is 5.91 Å². The van der Waals surface area contributed by atoms with E-state index in [-0.39, 0.29) is 12.0 Å². The molecule has 2 fully saturated rings. The summed E-state index contributed by atoms with van der Waals surface area (Å²) < 4.78 is 0. The van der Waals surface area contributed by atoms with Crippen molar-refractivity contribution in [1.82, 2.24) is 4.90 Å². The predicted molar refractivity (Wildman–Crippen MR) is 80.1 cm³/mol. The Labute approximate surface area is 122 Å². The summed E-state index contributed by atoms with van der Waals surface area (Å²) in [4.78, 5) is 14.6. The van der Waals surface area contributed by atoms with E-state index in [1.165, 1.54) is 12.8 Å².